The van der Waals surface area contributed by atoms with Crippen molar-refractivity contribution < 1.29 is 4.42 Å². The average Bonchev–Trinajstić information content (AvgIpc) is 3.73. The van der Waals surface area contributed by atoms with E-state index in [4.69, 9.17) is 19.4 Å². The fourth-order valence-electron chi connectivity index (χ4n) is 8.42. The fourth-order valence-corrected chi connectivity index (χ4v) is 8.42. The molecule has 10 rings (SSSR count). The summed E-state index contributed by atoms with van der Waals surface area (Å²) in [6, 6.07) is 57.3. The molecule has 1 aliphatic carbocycles. The molecule has 7 aromatic carbocycles. The maximum atomic E-state index is 6.54. The second kappa shape index (κ2) is 17.0. The van der Waals surface area contributed by atoms with Crippen molar-refractivity contribution in [2.75, 3.05) is 0 Å². The molecule has 0 N–H and O–H groups in total. The van der Waals surface area contributed by atoms with Crippen molar-refractivity contribution in [2.24, 2.45) is 0 Å². The molecule has 2 aromatic heterocycles. The molecule has 1 atom stereocenters. The summed E-state index contributed by atoms with van der Waals surface area (Å²) in [4.78, 5) is 15.3. The smallest absolute Gasteiger partial charge is 0.164 e. The normalized spacial score (nSPS) is 14.0. The highest BCUT2D eigenvalue weighted by Gasteiger charge is 2.20. The predicted molar refractivity (Wildman–Crippen MR) is 258 cm³/mol. The Hall–Kier alpha value is -7.95. The lowest BCUT2D eigenvalue weighted by Gasteiger charge is -2.20. The number of rotatable bonds is 10. The van der Waals surface area contributed by atoms with E-state index in [0.717, 1.165) is 78.4 Å². The van der Waals surface area contributed by atoms with Gasteiger partial charge in [-0.2, -0.15) is 0 Å². The van der Waals surface area contributed by atoms with Crippen molar-refractivity contribution in [1.29, 1.82) is 0 Å². The molecule has 1 aliphatic rings. The second-order valence-electron chi connectivity index (χ2n) is 15.5. The second-order valence-corrected chi connectivity index (χ2v) is 15.5. The highest BCUT2D eigenvalue weighted by atomic mass is 16.3. The van der Waals surface area contributed by atoms with Gasteiger partial charge in [-0.15, -0.1) is 0 Å². The Labute approximate surface area is 362 Å². The van der Waals surface area contributed by atoms with Gasteiger partial charge in [0.25, 0.3) is 0 Å². The molecule has 1 unspecified atom stereocenters. The molecule has 62 heavy (non-hydrogen) atoms. The Balaban J connectivity index is 1.08. The number of allylic oxidation sites excluding steroid dienone is 9. The number of furan rings is 1. The summed E-state index contributed by atoms with van der Waals surface area (Å²) in [6.07, 6.45) is 17.9. The number of nitrogens with zero attached hydrogens (tertiary/aromatic N) is 3. The number of hydrogen-bond donors (Lipinski definition) is 0. The lowest BCUT2D eigenvalue weighted by atomic mass is 9.84. The first-order chi connectivity index (χ1) is 30.6. The summed E-state index contributed by atoms with van der Waals surface area (Å²) >= 11 is 0. The van der Waals surface area contributed by atoms with E-state index in [1.807, 2.05) is 73.7 Å². The van der Waals surface area contributed by atoms with Crippen molar-refractivity contribution in [2.45, 2.75) is 19.3 Å². The van der Waals surface area contributed by atoms with E-state index < -0.39 is 0 Å². The molecule has 9 aromatic rings. The Morgan fingerprint density at radius 3 is 1.90 bits per heavy atom. The minimum Gasteiger partial charge on any atom is -0.456 e. The molecule has 0 aliphatic heterocycles. The molecule has 0 bridgehead atoms. The predicted octanol–water partition coefficient (Wildman–Crippen LogP) is 15.5. The van der Waals surface area contributed by atoms with Crippen LogP contribution in [0.2, 0.25) is 0 Å². The van der Waals surface area contributed by atoms with Gasteiger partial charge in [-0.1, -0.05) is 195 Å². The van der Waals surface area contributed by atoms with Crippen LogP contribution in [0.25, 0.3) is 95.1 Å². The lowest BCUT2D eigenvalue weighted by Crippen LogP contribution is -2.00. The maximum absolute atomic E-state index is 6.54. The Morgan fingerprint density at radius 2 is 1.19 bits per heavy atom. The molecule has 296 valence electrons. The van der Waals surface area contributed by atoms with Crippen LogP contribution >= 0.6 is 0 Å². The van der Waals surface area contributed by atoms with E-state index in [1.165, 1.54) is 16.7 Å². The zero-order chi connectivity index (χ0) is 41.8. The first-order valence-corrected chi connectivity index (χ1v) is 21.1. The van der Waals surface area contributed by atoms with Crippen molar-refractivity contribution in [3.05, 3.63) is 230 Å². The molecule has 4 nitrogen and oxygen atoms in total. The van der Waals surface area contributed by atoms with E-state index >= 15 is 0 Å². The third kappa shape index (κ3) is 7.55. The van der Waals surface area contributed by atoms with E-state index in [2.05, 4.69) is 152 Å². The van der Waals surface area contributed by atoms with Gasteiger partial charge in [0, 0.05) is 33.4 Å². The summed E-state index contributed by atoms with van der Waals surface area (Å²) in [5.41, 5.74) is 14.8. The van der Waals surface area contributed by atoms with Crippen molar-refractivity contribution in [3.63, 3.8) is 0 Å². The Morgan fingerprint density at radius 1 is 0.565 bits per heavy atom. The first-order valence-electron chi connectivity index (χ1n) is 21.1. The van der Waals surface area contributed by atoms with Gasteiger partial charge < -0.3 is 4.42 Å². The third-order valence-corrected chi connectivity index (χ3v) is 11.6. The maximum Gasteiger partial charge on any atom is 0.164 e. The summed E-state index contributed by atoms with van der Waals surface area (Å²) in [5, 5.41) is 1.98. The van der Waals surface area contributed by atoms with Crippen molar-refractivity contribution in [1.82, 2.24) is 15.0 Å². The van der Waals surface area contributed by atoms with Gasteiger partial charge in [0.15, 0.2) is 17.5 Å². The van der Waals surface area contributed by atoms with Crippen LogP contribution in [0.5, 0.6) is 0 Å². The molecular weight excluding hydrogens is 755 g/mol. The molecular formula is C58H43N3O. The largest absolute Gasteiger partial charge is 0.456 e. The van der Waals surface area contributed by atoms with Crippen LogP contribution in [0.15, 0.2) is 223 Å². The summed E-state index contributed by atoms with van der Waals surface area (Å²) in [6.45, 7) is 6.07. The SMILES string of the molecule is C=C/C(=C\C=C/C)c1ccc(-c2ccc(-c3ccc4oc5cccc(-c6nc(-c7ccccc7)nc(-c7ccc(-c8ccccc8)cc7)n6)c5c4c3)cc2C2C=CC=CC2)cc1. The molecule has 0 radical (unpaired) electrons. The van der Waals surface area contributed by atoms with Crippen LogP contribution in [0.3, 0.4) is 0 Å². The number of benzene rings is 7. The van der Waals surface area contributed by atoms with Gasteiger partial charge in [-0.05, 0) is 87.7 Å². The zero-order valence-electron chi connectivity index (χ0n) is 34.4. The van der Waals surface area contributed by atoms with Crippen LogP contribution in [-0.2, 0) is 0 Å². The third-order valence-electron chi connectivity index (χ3n) is 11.6. The molecule has 2 heterocycles. The highest BCUT2D eigenvalue weighted by molar-refractivity contribution is 6.12. The zero-order valence-corrected chi connectivity index (χ0v) is 34.4. The minimum atomic E-state index is 0.254. The number of aromatic nitrogens is 3. The van der Waals surface area contributed by atoms with E-state index in [0.29, 0.717) is 17.5 Å². The first kappa shape index (κ1) is 38.3. The standard InChI is InChI=1S/C58H43N3O/c1-3-5-16-39(4-2)41-25-29-44(30-26-41)49-35-33-47(37-51(49)43-19-11-7-12-20-43)48-34-36-53-52(38-48)55-50(23-15-24-54(55)62-53)58-60-56(45-21-13-8-14-22-45)59-57(61-58)46-31-27-42(28-32-46)40-17-9-6-10-18-40/h3-19,21-38,43H,2,20H2,1H3/b5-3-,39-16+. The van der Waals surface area contributed by atoms with Crippen LogP contribution in [0.1, 0.15) is 30.4 Å². The van der Waals surface area contributed by atoms with E-state index in [9.17, 15) is 0 Å². The van der Waals surface area contributed by atoms with E-state index in [1.54, 1.807) is 0 Å². The van der Waals surface area contributed by atoms with Gasteiger partial charge in [0.1, 0.15) is 11.2 Å². The minimum absolute atomic E-state index is 0.254. The molecule has 0 amide bonds. The van der Waals surface area contributed by atoms with Gasteiger partial charge in [-0.25, -0.2) is 15.0 Å². The van der Waals surface area contributed by atoms with Crippen LogP contribution < -0.4 is 0 Å². The van der Waals surface area contributed by atoms with Gasteiger partial charge >= 0.3 is 0 Å². The quantitative estimate of drug-likeness (QED) is 0.129. The summed E-state index contributed by atoms with van der Waals surface area (Å²) in [7, 11) is 0. The molecule has 0 saturated carbocycles. The molecule has 0 saturated heterocycles. The lowest BCUT2D eigenvalue weighted by molar-refractivity contribution is 0.669. The number of fused-ring (bicyclic) bond motifs is 3. The monoisotopic (exact) mass is 797 g/mol. The molecule has 0 fully saturated rings. The number of hydrogen-bond acceptors (Lipinski definition) is 4. The van der Waals surface area contributed by atoms with Crippen LogP contribution in [0.4, 0.5) is 0 Å². The van der Waals surface area contributed by atoms with Gasteiger partial charge in [0.05, 0.1) is 0 Å². The van der Waals surface area contributed by atoms with Crippen molar-refractivity contribution in [3.8, 4) is 67.5 Å². The highest BCUT2D eigenvalue weighted by Crippen LogP contribution is 2.41. The fraction of sp³-hybridized carbons (Fsp3) is 0.0517. The summed E-state index contributed by atoms with van der Waals surface area (Å²) in [5.74, 6) is 2.07. The van der Waals surface area contributed by atoms with Gasteiger partial charge in [-0.3, -0.25) is 0 Å². The molecule has 0 spiro atoms. The van der Waals surface area contributed by atoms with E-state index in [-0.39, 0.29) is 5.92 Å². The summed E-state index contributed by atoms with van der Waals surface area (Å²) < 4.78 is 6.54. The van der Waals surface area contributed by atoms with Crippen LogP contribution in [0, 0.1) is 0 Å². The van der Waals surface area contributed by atoms with Gasteiger partial charge in [0.2, 0.25) is 0 Å². The topological polar surface area (TPSA) is 51.8 Å². The Kier molecular flexibility index (Phi) is 10.5. The Bertz CT molecular complexity index is 3210. The molecule has 4 heteroatoms. The average molecular weight is 798 g/mol. The van der Waals surface area contributed by atoms with Crippen LogP contribution in [-0.4, -0.2) is 15.0 Å². The van der Waals surface area contributed by atoms with Crippen molar-refractivity contribution >= 4 is 27.5 Å².